The van der Waals surface area contributed by atoms with E-state index >= 15 is 0 Å². The topological polar surface area (TPSA) is 52.0 Å². The van der Waals surface area contributed by atoms with Gasteiger partial charge in [-0.05, 0) is 24.5 Å². The molecule has 0 aliphatic rings. The Morgan fingerprint density at radius 3 is 2.52 bits per heavy atom. The number of hydrogen-bond acceptors (Lipinski definition) is 3. The summed E-state index contributed by atoms with van der Waals surface area (Å²) in [6.45, 7) is 6.15. The number of halogens is 3. The predicted octanol–water partition coefficient (Wildman–Crippen LogP) is 5.37. The number of carbonyl (C=O) groups excluding carboxylic acids is 2. The van der Waals surface area contributed by atoms with E-state index in [0.29, 0.717) is 12.2 Å². The van der Waals surface area contributed by atoms with Crippen LogP contribution in [-0.2, 0) is 0 Å². The Bertz CT molecular complexity index is 805. The van der Waals surface area contributed by atoms with E-state index < -0.39 is 11.6 Å². The molecule has 0 fully saturated rings. The zero-order chi connectivity index (χ0) is 18.7. The summed E-state index contributed by atoms with van der Waals surface area (Å²) in [5, 5.41) is -0.165. The van der Waals surface area contributed by atoms with E-state index in [0.717, 1.165) is 25.0 Å². The maximum Gasteiger partial charge on any atom is 0.215 e. The summed E-state index contributed by atoms with van der Waals surface area (Å²) in [6, 6.07) is 2.17. The molecule has 2 unspecified atom stereocenters. The molecule has 0 saturated carbocycles. The summed E-state index contributed by atoms with van der Waals surface area (Å²) in [4.78, 5) is 28.5. The molecule has 1 aromatic heterocycles. The standard InChI is InChI=1S/C18H19Cl2FN2O2/c1-4-10(3)15(5-2)23-9-22-17(16(23)8-24)18(25)11-6-14(21)13(20)7-12(11)19/h6-10,15H,4-5H2,1-3H3. The molecule has 2 aromatic rings. The fourth-order valence-electron chi connectivity index (χ4n) is 2.90. The summed E-state index contributed by atoms with van der Waals surface area (Å²) in [5.41, 5.74) is 0.0532. The monoisotopic (exact) mass is 384 g/mol. The van der Waals surface area contributed by atoms with Crippen LogP contribution in [0.15, 0.2) is 18.5 Å². The van der Waals surface area contributed by atoms with Crippen molar-refractivity contribution in [1.82, 2.24) is 9.55 Å². The third kappa shape index (κ3) is 3.77. The molecular formula is C18H19Cl2FN2O2. The van der Waals surface area contributed by atoms with Crippen LogP contribution in [0, 0.1) is 11.7 Å². The van der Waals surface area contributed by atoms with Gasteiger partial charge in [0.05, 0.1) is 16.4 Å². The minimum atomic E-state index is -0.757. The molecule has 0 bridgehead atoms. The lowest BCUT2D eigenvalue weighted by molar-refractivity contribution is 0.102. The number of aldehydes is 1. The molecule has 0 spiro atoms. The quantitative estimate of drug-likeness (QED) is 0.366. The van der Waals surface area contributed by atoms with Gasteiger partial charge >= 0.3 is 0 Å². The van der Waals surface area contributed by atoms with Crippen LogP contribution in [0.3, 0.4) is 0 Å². The zero-order valence-electron chi connectivity index (χ0n) is 14.2. The van der Waals surface area contributed by atoms with Crippen LogP contribution in [0.5, 0.6) is 0 Å². The molecule has 7 heteroatoms. The highest BCUT2D eigenvalue weighted by atomic mass is 35.5. The highest BCUT2D eigenvalue weighted by molar-refractivity contribution is 6.37. The maximum atomic E-state index is 13.7. The van der Waals surface area contributed by atoms with Crippen molar-refractivity contribution in [2.75, 3.05) is 0 Å². The fourth-order valence-corrected chi connectivity index (χ4v) is 3.36. The van der Waals surface area contributed by atoms with E-state index in [1.165, 1.54) is 6.33 Å². The molecule has 0 amide bonds. The van der Waals surface area contributed by atoms with Gasteiger partial charge in [0.15, 0.2) is 6.29 Å². The molecule has 2 atom stereocenters. The van der Waals surface area contributed by atoms with Crippen LogP contribution < -0.4 is 0 Å². The van der Waals surface area contributed by atoms with Gasteiger partial charge < -0.3 is 4.57 Å². The zero-order valence-corrected chi connectivity index (χ0v) is 15.7. The highest BCUT2D eigenvalue weighted by Gasteiger charge is 2.26. The van der Waals surface area contributed by atoms with Crippen molar-refractivity contribution in [3.8, 4) is 0 Å². The number of nitrogens with zero attached hydrogens (tertiary/aromatic N) is 2. The van der Waals surface area contributed by atoms with E-state index in [1.54, 1.807) is 4.57 Å². The second-order valence-electron chi connectivity index (χ2n) is 5.94. The van der Waals surface area contributed by atoms with Gasteiger partial charge in [-0.1, -0.05) is 50.4 Å². The van der Waals surface area contributed by atoms with Crippen molar-refractivity contribution in [3.05, 3.63) is 51.3 Å². The Morgan fingerprint density at radius 2 is 1.96 bits per heavy atom. The van der Waals surface area contributed by atoms with Gasteiger partial charge in [0.2, 0.25) is 5.78 Å². The van der Waals surface area contributed by atoms with E-state index in [-0.39, 0.29) is 33.0 Å². The first-order chi connectivity index (χ1) is 11.8. The maximum absolute atomic E-state index is 13.7. The minimum absolute atomic E-state index is 0.0109. The second kappa shape index (κ2) is 8.11. The van der Waals surface area contributed by atoms with Gasteiger partial charge in [0.25, 0.3) is 0 Å². The molecule has 134 valence electrons. The SMILES string of the molecule is CCC(C)C(CC)n1cnc(C(=O)c2cc(F)c(Cl)cc2Cl)c1C=O. The van der Waals surface area contributed by atoms with E-state index in [9.17, 15) is 14.0 Å². The van der Waals surface area contributed by atoms with Crippen LogP contribution >= 0.6 is 23.2 Å². The van der Waals surface area contributed by atoms with Crippen molar-refractivity contribution in [2.24, 2.45) is 5.92 Å². The highest BCUT2D eigenvalue weighted by Crippen LogP contribution is 2.29. The molecular weight excluding hydrogens is 366 g/mol. The van der Waals surface area contributed by atoms with Crippen molar-refractivity contribution in [2.45, 2.75) is 39.7 Å². The molecule has 0 N–H and O–H groups in total. The van der Waals surface area contributed by atoms with Gasteiger partial charge in [-0.15, -0.1) is 0 Å². The molecule has 0 aliphatic heterocycles. The Hall–Kier alpha value is -1.72. The third-order valence-corrected chi connectivity index (χ3v) is 5.09. The number of rotatable bonds is 7. The number of aromatic nitrogens is 2. The Labute approximate surface area is 156 Å². The van der Waals surface area contributed by atoms with Crippen LogP contribution in [0.2, 0.25) is 10.0 Å². The van der Waals surface area contributed by atoms with Crippen LogP contribution in [0.1, 0.15) is 66.2 Å². The van der Waals surface area contributed by atoms with Gasteiger partial charge in [0, 0.05) is 11.6 Å². The molecule has 0 aliphatic carbocycles. The van der Waals surface area contributed by atoms with Gasteiger partial charge in [0.1, 0.15) is 17.2 Å². The first-order valence-corrected chi connectivity index (χ1v) is 8.82. The fraction of sp³-hybridized carbons (Fsp3) is 0.389. The van der Waals surface area contributed by atoms with Crippen LogP contribution in [0.25, 0.3) is 0 Å². The van der Waals surface area contributed by atoms with E-state index in [4.69, 9.17) is 23.2 Å². The Kier molecular flexibility index (Phi) is 6.36. The number of hydrogen-bond donors (Lipinski definition) is 0. The van der Waals surface area contributed by atoms with Gasteiger partial charge in [-0.25, -0.2) is 9.37 Å². The predicted molar refractivity (Wildman–Crippen MR) is 96.3 cm³/mol. The minimum Gasteiger partial charge on any atom is -0.324 e. The first-order valence-electron chi connectivity index (χ1n) is 8.06. The lowest BCUT2D eigenvalue weighted by Crippen LogP contribution is -2.18. The molecule has 0 saturated heterocycles. The lowest BCUT2D eigenvalue weighted by Gasteiger charge is -2.24. The molecule has 1 heterocycles. The largest absolute Gasteiger partial charge is 0.324 e. The van der Waals surface area contributed by atoms with Crippen molar-refractivity contribution < 1.29 is 14.0 Å². The first kappa shape index (κ1) is 19.6. The van der Waals surface area contributed by atoms with Gasteiger partial charge in [-0.2, -0.15) is 0 Å². The summed E-state index contributed by atoms with van der Waals surface area (Å²) >= 11 is 11.7. The van der Waals surface area contributed by atoms with Crippen LogP contribution in [-0.4, -0.2) is 21.6 Å². The van der Waals surface area contributed by atoms with E-state index in [2.05, 4.69) is 18.8 Å². The summed E-state index contributed by atoms with van der Waals surface area (Å²) in [6.07, 6.45) is 3.80. The number of carbonyl (C=O) groups is 2. The smallest absolute Gasteiger partial charge is 0.215 e. The van der Waals surface area contributed by atoms with E-state index in [1.807, 2.05) is 6.92 Å². The number of benzene rings is 1. The number of imidazole rings is 1. The lowest BCUT2D eigenvalue weighted by atomic mass is 9.96. The number of ketones is 1. The van der Waals surface area contributed by atoms with Crippen molar-refractivity contribution >= 4 is 35.3 Å². The van der Waals surface area contributed by atoms with Gasteiger partial charge in [-0.3, -0.25) is 9.59 Å². The summed E-state index contributed by atoms with van der Waals surface area (Å²) < 4.78 is 15.4. The Balaban J connectivity index is 2.52. The second-order valence-corrected chi connectivity index (χ2v) is 6.75. The molecule has 0 radical (unpaired) electrons. The third-order valence-electron chi connectivity index (χ3n) is 4.49. The Morgan fingerprint density at radius 1 is 1.28 bits per heavy atom. The summed E-state index contributed by atoms with van der Waals surface area (Å²) in [7, 11) is 0. The molecule has 4 nitrogen and oxygen atoms in total. The van der Waals surface area contributed by atoms with Crippen LogP contribution in [0.4, 0.5) is 4.39 Å². The summed E-state index contributed by atoms with van der Waals surface area (Å²) in [5.74, 6) is -1.06. The van der Waals surface area contributed by atoms with Crippen molar-refractivity contribution in [3.63, 3.8) is 0 Å². The molecule has 1 aromatic carbocycles. The molecule has 25 heavy (non-hydrogen) atoms. The normalized spacial score (nSPS) is 13.5. The van der Waals surface area contributed by atoms with Crippen molar-refractivity contribution in [1.29, 1.82) is 0 Å². The molecule has 2 rings (SSSR count). The average molecular weight is 385 g/mol. The average Bonchev–Trinajstić information content (AvgIpc) is 3.01.